The van der Waals surface area contributed by atoms with Gasteiger partial charge in [-0.15, -0.1) is 0 Å². The van der Waals surface area contributed by atoms with Gasteiger partial charge in [-0.2, -0.15) is 0 Å². The van der Waals surface area contributed by atoms with Gasteiger partial charge in [-0.1, -0.05) is 15.9 Å². The van der Waals surface area contributed by atoms with E-state index in [9.17, 15) is 9.90 Å². The third-order valence-corrected chi connectivity index (χ3v) is 3.74. The van der Waals surface area contributed by atoms with Crippen LogP contribution >= 0.6 is 15.9 Å². The average Bonchev–Trinajstić information content (AvgIpc) is 2.72. The van der Waals surface area contributed by atoms with E-state index in [1.54, 1.807) is 0 Å². The maximum atomic E-state index is 11.4. The van der Waals surface area contributed by atoms with Crippen LogP contribution < -0.4 is 4.74 Å². The van der Waals surface area contributed by atoms with E-state index in [1.807, 2.05) is 25.1 Å². The number of benzene rings is 1. The normalized spacial score (nSPS) is 18.0. The van der Waals surface area contributed by atoms with Crippen molar-refractivity contribution >= 4 is 21.9 Å². The van der Waals surface area contributed by atoms with Gasteiger partial charge in [0.2, 0.25) is 5.60 Å². The highest BCUT2D eigenvalue weighted by Gasteiger charge is 2.44. The molecule has 17 heavy (non-hydrogen) atoms. The molecule has 3 nitrogen and oxygen atoms in total. The van der Waals surface area contributed by atoms with Crippen LogP contribution in [0, 0.1) is 6.92 Å². The van der Waals surface area contributed by atoms with Crippen LogP contribution in [0.3, 0.4) is 0 Å². The number of carboxylic acids is 1. The zero-order valence-electron chi connectivity index (χ0n) is 9.70. The van der Waals surface area contributed by atoms with Crippen molar-refractivity contribution in [3.05, 3.63) is 28.2 Å². The molecule has 2 rings (SSSR count). The molecule has 1 aliphatic rings. The van der Waals surface area contributed by atoms with Gasteiger partial charge in [0.25, 0.3) is 0 Å². The summed E-state index contributed by atoms with van der Waals surface area (Å²) in [5, 5.41) is 9.34. The first kappa shape index (κ1) is 12.4. The van der Waals surface area contributed by atoms with E-state index in [1.165, 1.54) is 0 Å². The first-order valence-corrected chi connectivity index (χ1v) is 6.51. The van der Waals surface area contributed by atoms with Crippen molar-refractivity contribution in [2.45, 2.75) is 38.2 Å². The van der Waals surface area contributed by atoms with Gasteiger partial charge in [0.1, 0.15) is 5.75 Å². The predicted molar refractivity (Wildman–Crippen MR) is 68.3 cm³/mol. The minimum atomic E-state index is -1.02. The summed E-state index contributed by atoms with van der Waals surface area (Å²) in [6.45, 7) is 1.92. The number of halogens is 1. The van der Waals surface area contributed by atoms with Gasteiger partial charge < -0.3 is 9.84 Å². The van der Waals surface area contributed by atoms with Crippen LogP contribution in [0.15, 0.2) is 22.7 Å². The Morgan fingerprint density at radius 1 is 1.41 bits per heavy atom. The molecule has 1 saturated carbocycles. The molecule has 0 amide bonds. The molecular weight excluding hydrogens is 284 g/mol. The van der Waals surface area contributed by atoms with Gasteiger partial charge >= 0.3 is 5.97 Å². The number of carbonyl (C=O) groups is 1. The zero-order chi connectivity index (χ0) is 12.5. The highest BCUT2D eigenvalue weighted by Crippen LogP contribution is 2.36. The molecule has 0 radical (unpaired) electrons. The molecule has 0 heterocycles. The molecule has 0 unspecified atom stereocenters. The van der Waals surface area contributed by atoms with Crippen molar-refractivity contribution in [3.8, 4) is 5.75 Å². The van der Waals surface area contributed by atoms with Crippen LogP contribution in [0.25, 0.3) is 0 Å². The molecule has 1 aliphatic carbocycles. The molecule has 4 heteroatoms. The number of aliphatic carboxylic acids is 1. The van der Waals surface area contributed by atoms with Gasteiger partial charge in [0, 0.05) is 4.47 Å². The average molecular weight is 299 g/mol. The molecule has 0 atom stereocenters. The highest BCUT2D eigenvalue weighted by molar-refractivity contribution is 9.10. The van der Waals surface area contributed by atoms with Crippen LogP contribution in [0.4, 0.5) is 0 Å². The molecule has 0 bridgehead atoms. The van der Waals surface area contributed by atoms with E-state index >= 15 is 0 Å². The van der Waals surface area contributed by atoms with Crippen LogP contribution in [-0.2, 0) is 4.79 Å². The predicted octanol–water partition coefficient (Wildman–Crippen LogP) is 3.53. The minimum Gasteiger partial charge on any atom is -0.478 e. The highest BCUT2D eigenvalue weighted by atomic mass is 79.9. The zero-order valence-corrected chi connectivity index (χ0v) is 11.3. The van der Waals surface area contributed by atoms with E-state index in [0.717, 1.165) is 22.9 Å². The van der Waals surface area contributed by atoms with E-state index < -0.39 is 11.6 Å². The molecule has 92 valence electrons. The lowest BCUT2D eigenvalue weighted by Gasteiger charge is -2.26. The Balaban J connectivity index is 2.26. The number of rotatable bonds is 3. The van der Waals surface area contributed by atoms with Gasteiger partial charge in [0.05, 0.1) is 0 Å². The van der Waals surface area contributed by atoms with E-state index in [0.29, 0.717) is 18.6 Å². The summed E-state index contributed by atoms with van der Waals surface area (Å²) in [6.07, 6.45) is 3.03. The smallest absolute Gasteiger partial charge is 0.348 e. The summed E-state index contributed by atoms with van der Waals surface area (Å²) >= 11 is 3.38. The quantitative estimate of drug-likeness (QED) is 0.928. The first-order chi connectivity index (χ1) is 8.03. The molecule has 1 fully saturated rings. The summed E-state index contributed by atoms with van der Waals surface area (Å²) in [6, 6.07) is 5.62. The summed E-state index contributed by atoms with van der Waals surface area (Å²) in [5.41, 5.74) is -0.0645. The van der Waals surface area contributed by atoms with Crippen LogP contribution in [-0.4, -0.2) is 16.7 Å². The first-order valence-electron chi connectivity index (χ1n) is 5.72. The third-order valence-electron chi connectivity index (χ3n) is 3.24. The number of carboxylic acid groups (broad SMARTS) is 1. The van der Waals surface area contributed by atoms with Gasteiger partial charge in [0.15, 0.2) is 0 Å². The molecule has 0 aromatic heterocycles. The summed E-state index contributed by atoms with van der Waals surface area (Å²) < 4.78 is 6.76. The lowest BCUT2D eigenvalue weighted by atomic mass is 10.0. The van der Waals surface area contributed by atoms with Gasteiger partial charge in [-0.3, -0.25) is 0 Å². The van der Waals surface area contributed by atoms with E-state index in [-0.39, 0.29) is 0 Å². The SMILES string of the molecule is Cc1cc(Br)ccc1OC1(C(=O)O)CCCC1. The van der Waals surface area contributed by atoms with Crippen LogP contribution in [0.5, 0.6) is 5.75 Å². The van der Waals surface area contributed by atoms with E-state index in [4.69, 9.17) is 4.74 Å². The fraction of sp³-hybridized carbons (Fsp3) is 0.462. The second-order valence-electron chi connectivity index (χ2n) is 4.52. The molecule has 0 saturated heterocycles. The number of aryl methyl sites for hydroxylation is 1. The standard InChI is InChI=1S/C13H15BrO3/c1-9-8-10(14)4-5-11(9)17-13(12(15)16)6-2-3-7-13/h4-5,8H,2-3,6-7H2,1H3,(H,15,16). The Kier molecular flexibility index (Phi) is 3.43. The molecule has 0 spiro atoms. The maximum Gasteiger partial charge on any atom is 0.348 e. The second-order valence-corrected chi connectivity index (χ2v) is 5.43. The lowest BCUT2D eigenvalue weighted by Crippen LogP contribution is -2.41. The molecule has 1 aromatic rings. The fourth-order valence-electron chi connectivity index (χ4n) is 2.24. The number of hydrogen-bond acceptors (Lipinski definition) is 2. The van der Waals surface area contributed by atoms with Gasteiger partial charge in [-0.05, 0) is 56.4 Å². The number of hydrogen-bond donors (Lipinski definition) is 1. The Bertz CT molecular complexity index is 436. The van der Waals surface area contributed by atoms with Crippen LogP contribution in [0.1, 0.15) is 31.2 Å². The second kappa shape index (κ2) is 4.69. The summed E-state index contributed by atoms with van der Waals surface area (Å²) in [4.78, 5) is 11.4. The van der Waals surface area contributed by atoms with E-state index in [2.05, 4.69) is 15.9 Å². The molecule has 0 aliphatic heterocycles. The third kappa shape index (κ3) is 2.46. The topological polar surface area (TPSA) is 46.5 Å². The molecular formula is C13H15BrO3. The Labute approximate surface area is 109 Å². The monoisotopic (exact) mass is 298 g/mol. The molecule has 1 N–H and O–H groups in total. The summed E-state index contributed by atoms with van der Waals surface area (Å²) in [5.74, 6) is -0.185. The van der Waals surface area contributed by atoms with Crippen molar-refractivity contribution in [1.29, 1.82) is 0 Å². The lowest BCUT2D eigenvalue weighted by molar-refractivity contribution is -0.154. The van der Waals surface area contributed by atoms with Gasteiger partial charge in [-0.25, -0.2) is 4.79 Å². The van der Waals surface area contributed by atoms with Crippen LogP contribution in [0.2, 0.25) is 0 Å². The molecule has 1 aromatic carbocycles. The van der Waals surface area contributed by atoms with Crippen molar-refractivity contribution in [3.63, 3.8) is 0 Å². The Morgan fingerprint density at radius 3 is 2.59 bits per heavy atom. The number of ether oxygens (including phenoxy) is 1. The van der Waals surface area contributed by atoms with Crippen molar-refractivity contribution in [2.24, 2.45) is 0 Å². The fourth-order valence-corrected chi connectivity index (χ4v) is 2.72. The maximum absolute atomic E-state index is 11.4. The van der Waals surface area contributed by atoms with Crippen molar-refractivity contribution in [2.75, 3.05) is 0 Å². The Hall–Kier alpha value is -1.03. The summed E-state index contributed by atoms with van der Waals surface area (Å²) in [7, 11) is 0. The Morgan fingerprint density at radius 2 is 2.06 bits per heavy atom. The van der Waals surface area contributed by atoms with Crippen molar-refractivity contribution < 1.29 is 14.6 Å². The van der Waals surface area contributed by atoms with Crippen molar-refractivity contribution in [1.82, 2.24) is 0 Å². The minimum absolute atomic E-state index is 0.595. The largest absolute Gasteiger partial charge is 0.478 e.